The lowest BCUT2D eigenvalue weighted by molar-refractivity contribution is 0.566. The van der Waals surface area contributed by atoms with Gasteiger partial charge in [0.05, 0.1) is 0 Å². The summed E-state index contributed by atoms with van der Waals surface area (Å²) in [5.41, 5.74) is 3.71. The normalized spacial score (nSPS) is 11.6. The Kier molecular flexibility index (Phi) is 21.2. The zero-order chi connectivity index (χ0) is 24.1. The third-order valence-electron chi connectivity index (χ3n) is 4.26. The first-order valence-corrected chi connectivity index (χ1v) is 12.0. The predicted molar refractivity (Wildman–Crippen MR) is 148 cm³/mol. The molecule has 31 heavy (non-hydrogen) atoms. The standard InChI is InChI=1S/C22H33NS.C4H9N.C2H4/c1-6-8-12-21(7-2)17-20(5)15-16-24-23(18-19(3)4)22-13-10-9-11-14-22;1-4(2)5-3;1-2/h6-14,19-20H,1,15-18H2,2-5H3;5H,1H2,2-3H3;1-2H2/b12-8-,21-7+;;/t20-;;/m1../s1. The SMILES string of the molecule is C=C.C=C(C)NC.C=C/C=C\C(=C/C)C[C@H](C)CCSN(CC(C)C)c1ccccc1. The van der Waals surface area contributed by atoms with Crippen LogP contribution >= 0.6 is 11.9 Å². The minimum atomic E-state index is 0.661. The van der Waals surface area contributed by atoms with Gasteiger partial charge in [-0.05, 0) is 68.3 Å². The number of rotatable bonds is 12. The summed E-state index contributed by atoms with van der Waals surface area (Å²) in [6, 6.07) is 10.7. The lowest BCUT2D eigenvalue weighted by atomic mass is 9.98. The molecular formula is C28H46N2S. The van der Waals surface area contributed by atoms with Gasteiger partial charge < -0.3 is 9.62 Å². The molecule has 0 aliphatic carbocycles. The smallest absolute Gasteiger partial charge is 0.0469 e. The molecule has 1 atom stereocenters. The molecule has 0 aliphatic rings. The molecule has 0 unspecified atom stereocenters. The Bertz CT molecular complexity index is 632. The van der Waals surface area contributed by atoms with E-state index in [4.69, 9.17) is 0 Å². The second-order valence-electron chi connectivity index (χ2n) is 7.71. The molecule has 0 aliphatic heterocycles. The maximum Gasteiger partial charge on any atom is 0.0469 e. The van der Waals surface area contributed by atoms with Crippen LogP contribution in [-0.4, -0.2) is 19.3 Å². The quantitative estimate of drug-likeness (QED) is 0.198. The van der Waals surface area contributed by atoms with E-state index in [1.54, 1.807) is 0 Å². The fourth-order valence-corrected chi connectivity index (χ4v) is 3.90. The molecule has 0 spiro atoms. The Hall–Kier alpha value is -2.13. The molecule has 2 nitrogen and oxygen atoms in total. The van der Waals surface area contributed by atoms with Crippen LogP contribution in [-0.2, 0) is 0 Å². The molecule has 0 aromatic heterocycles. The molecule has 1 aromatic rings. The van der Waals surface area contributed by atoms with Crippen molar-refractivity contribution >= 4 is 17.6 Å². The van der Waals surface area contributed by atoms with Crippen molar-refractivity contribution in [1.82, 2.24) is 5.32 Å². The molecule has 3 heteroatoms. The van der Waals surface area contributed by atoms with Gasteiger partial charge in [0.2, 0.25) is 0 Å². The molecule has 0 saturated heterocycles. The molecule has 0 bridgehead atoms. The molecular weight excluding hydrogens is 396 g/mol. The molecule has 0 saturated carbocycles. The topological polar surface area (TPSA) is 15.3 Å². The number of para-hydroxylation sites is 1. The van der Waals surface area contributed by atoms with Crippen LogP contribution in [0.15, 0.2) is 92.2 Å². The lowest BCUT2D eigenvalue weighted by Gasteiger charge is -2.26. The van der Waals surface area contributed by atoms with Gasteiger partial charge in [0.15, 0.2) is 0 Å². The van der Waals surface area contributed by atoms with E-state index in [-0.39, 0.29) is 0 Å². The Morgan fingerprint density at radius 3 is 2.19 bits per heavy atom. The fourth-order valence-electron chi connectivity index (χ4n) is 2.50. The molecule has 1 N–H and O–H groups in total. The van der Waals surface area contributed by atoms with Gasteiger partial charge >= 0.3 is 0 Å². The van der Waals surface area contributed by atoms with Crippen molar-refractivity contribution in [1.29, 1.82) is 0 Å². The second-order valence-corrected chi connectivity index (χ2v) is 8.82. The number of benzene rings is 1. The summed E-state index contributed by atoms with van der Waals surface area (Å²) >= 11 is 1.96. The van der Waals surface area contributed by atoms with Crippen LogP contribution in [0.4, 0.5) is 5.69 Å². The molecule has 0 amide bonds. The van der Waals surface area contributed by atoms with Crippen LogP contribution < -0.4 is 9.62 Å². The van der Waals surface area contributed by atoms with E-state index in [1.807, 2.05) is 38.1 Å². The van der Waals surface area contributed by atoms with Crippen molar-refractivity contribution in [2.75, 3.05) is 23.7 Å². The monoisotopic (exact) mass is 442 g/mol. The molecule has 1 aromatic carbocycles. The maximum atomic E-state index is 3.74. The first kappa shape index (κ1) is 31.1. The predicted octanol–water partition coefficient (Wildman–Crippen LogP) is 8.44. The summed E-state index contributed by atoms with van der Waals surface area (Å²) in [6.07, 6.45) is 10.6. The number of nitrogens with zero attached hydrogens (tertiary/aromatic N) is 1. The van der Waals surface area contributed by atoms with Crippen LogP contribution in [0.3, 0.4) is 0 Å². The van der Waals surface area contributed by atoms with Crippen molar-refractivity contribution in [2.24, 2.45) is 11.8 Å². The van der Waals surface area contributed by atoms with E-state index < -0.39 is 0 Å². The summed E-state index contributed by atoms with van der Waals surface area (Å²) in [7, 11) is 1.85. The van der Waals surface area contributed by atoms with E-state index in [1.165, 1.54) is 17.7 Å². The first-order chi connectivity index (χ1) is 14.8. The van der Waals surface area contributed by atoms with Crippen LogP contribution in [0.5, 0.6) is 0 Å². The average Bonchev–Trinajstić information content (AvgIpc) is 2.78. The van der Waals surface area contributed by atoms with E-state index in [0.29, 0.717) is 11.8 Å². The molecule has 0 radical (unpaired) electrons. The van der Waals surface area contributed by atoms with Crippen molar-refractivity contribution in [3.05, 3.63) is 92.2 Å². The third kappa shape index (κ3) is 18.4. The van der Waals surface area contributed by atoms with Crippen molar-refractivity contribution in [3.63, 3.8) is 0 Å². The van der Waals surface area contributed by atoms with Gasteiger partial charge in [0, 0.05) is 25.0 Å². The summed E-state index contributed by atoms with van der Waals surface area (Å²) in [6.45, 7) is 25.3. The number of nitrogens with one attached hydrogen (secondary N) is 1. The zero-order valence-corrected chi connectivity index (χ0v) is 21.7. The first-order valence-electron chi connectivity index (χ1n) is 11.1. The number of hydrogen-bond acceptors (Lipinski definition) is 3. The van der Waals surface area contributed by atoms with Gasteiger partial charge in [-0.3, -0.25) is 0 Å². The Balaban J connectivity index is 0. The van der Waals surface area contributed by atoms with Crippen LogP contribution in [0.2, 0.25) is 0 Å². The highest BCUT2D eigenvalue weighted by molar-refractivity contribution is 8.00. The van der Waals surface area contributed by atoms with Gasteiger partial charge in [-0.25, -0.2) is 0 Å². The van der Waals surface area contributed by atoms with Crippen LogP contribution in [0.25, 0.3) is 0 Å². The molecule has 0 heterocycles. The molecule has 0 fully saturated rings. The highest BCUT2D eigenvalue weighted by atomic mass is 32.2. The van der Waals surface area contributed by atoms with Gasteiger partial charge in [0.25, 0.3) is 0 Å². The third-order valence-corrected chi connectivity index (χ3v) is 5.35. The van der Waals surface area contributed by atoms with E-state index in [0.717, 1.165) is 24.4 Å². The van der Waals surface area contributed by atoms with Crippen LogP contribution in [0.1, 0.15) is 47.5 Å². The Morgan fingerprint density at radius 2 is 1.74 bits per heavy atom. The summed E-state index contributed by atoms with van der Waals surface area (Å²) in [4.78, 5) is 0. The highest BCUT2D eigenvalue weighted by Crippen LogP contribution is 2.26. The van der Waals surface area contributed by atoms with E-state index in [9.17, 15) is 0 Å². The summed E-state index contributed by atoms with van der Waals surface area (Å²) < 4.78 is 2.45. The Morgan fingerprint density at radius 1 is 1.16 bits per heavy atom. The molecule has 174 valence electrons. The second kappa shape index (κ2) is 21.1. The number of allylic oxidation sites excluding steroid dienone is 6. The average molecular weight is 443 g/mol. The zero-order valence-electron chi connectivity index (χ0n) is 20.9. The van der Waals surface area contributed by atoms with Gasteiger partial charge in [0.1, 0.15) is 0 Å². The minimum absolute atomic E-state index is 0.661. The minimum Gasteiger partial charge on any atom is -0.392 e. The van der Waals surface area contributed by atoms with Crippen LogP contribution in [0, 0.1) is 11.8 Å². The maximum absolute atomic E-state index is 3.74. The number of anilines is 1. The van der Waals surface area contributed by atoms with Gasteiger partial charge in [-0.1, -0.05) is 82.0 Å². The van der Waals surface area contributed by atoms with Crippen molar-refractivity contribution in [2.45, 2.75) is 47.5 Å². The summed E-state index contributed by atoms with van der Waals surface area (Å²) in [5.74, 6) is 2.51. The van der Waals surface area contributed by atoms with E-state index in [2.05, 4.69) is 106 Å². The number of hydrogen-bond donors (Lipinski definition) is 1. The van der Waals surface area contributed by atoms with Gasteiger partial charge in [-0.15, -0.1) is 13.2 Å². The van der Waals surface area contributed by atoms with Crippen molar-refractivity contribution in [3.8, 4) is 0 Å². The lowest BCUT2D eigenvalue weighted by Crippen LogP contribution is -2.21. The highest BCUT2D eigenvalue weighted by Gasteiger charge is 2.11. The Labute approximate surface area is 198 Å². The van der Waals surface area contributed by atoms with Gasteiger partial charge in [-0.2, -0.15) is 0 Å². The fraction of sp³-hybridized carbons (Fsp3) is 0.429. The van der Waals surface area contributed by atoms with Crippen molar-refractivity contribution < 1.29 is 0 Å². The van der Waals surface area contributed by atoms with E-state index >= 15 is 0 Å². The largest absolute Gasteiger partial charge is 0.392 e. The summed E-state index contributed by atoms with van der Waals surface area (Å²) in [5, 5.41) is 2.83. The molecule has 1 rings (SSSR count).